The molecular weight excluding hydrogens is 326 g/mol. The lowest BCUT2D eigenvalue weighted by Crippen LogP contribution is -2.19. The molecule has 0 spiro atoms. The van der Waals surface area contributed by atoms with Crippen molar-refractivity contribution in [1.82, 2.24) is 20.1 Å². The molecule has 24 heavy (non-hydrogen) atoms. The summed E-state index contributed by atoms with van der Waals surface area (Å²) >= 11 is 1.71. The smallest absolute Gasteiger partial charge is 0.246 e. The van der Waals surface area contributed by atoms with Crippen LogP contribution in [0.4, 0.5) is 5.82 Å². The molecule has 3 aromatic rings. The van der Waals surface area contributed by atoms with E-state index in [1.165, 1.54) is 4.88 Å². The molecule has 3 heterocycles. The normalized spacial score (nSPS) is 12.7. The first-order valence-electron chi connectivity index (χ1n) is 7.85. The van der Waals surface area contributed by atoms with Gasteiger partial charge in [0.05, 0.1) is 11.9 Å². The van der Waals surface area contributed by atoms with Crippen LogP contribution >= 0.6 is 11.3 Å². The highest BCUT2D eigenvalue weighted by molar-refractivity contribution is 7.18. The summed E-state index contributed by atoms with van der Waals surface area (Å²) in [5.41, 5.74) is 0. The molecule has 0 saturated carbocycles. The van der Waals surface area contributed by atoms with E-state index in [0.29, 0.717) is 18.3 Å². The minimum Gasteiger partial charge on any atom is -0.374 e. The van der Waals surface area contributed by atoms with Gasteiger partial charge in [0.1, 0.15) is 22.6 Å². The van der Waals surface area contributed by atoms with Crippen LogP contribution in [0.5, 0.6) is 0 Å². The Morgan fingerprint density at radius 2 is 2.12 bits per heavy atom. The third-order valence-electron chi connectivity index (χ3n) is 3.82. The number of nitrogens with zero attached hydrogens (tertiary/aromatic N) is 5. The van der Waals surface area contributed by atoms with E-state index in [9.17, 15) is 0 Å². The van der Waals surface area contributed by atoms with Crippen LogP contribution in [-0.2, 0) is 17.7 Å². The van der Waals surface area contributed by atoms with E-state index in [-0.39, 0.29) is 6.10 Å². The van der Waals surface area contributed by atoms with Gasteiger partial charge < -0.3 is 14.2 Å². The maximum atomic E-state index is 5.32. The van der Waals surface area contributed by atoms with Gasteiger partial charge in [0.25, 0.3) is 0 Å². The Morgan fingerprint density at radius 1 is 1.33 bits per heavy atom. The molecule has 0 bridgehead atoms. The Labute approximate surface area is 144 Å². The number of aryl methyl sites for hydroxylation is 2. The first-order valence-corrected chi connectivity index (χ1v) is 8.67. The van der Waals surface area contributed by atoms with Gasteiger partial charge in [0, 0.05) is 19.0 Å². The molecule has 0 aliphatic heterocycles. The van der Waals surface area contributed by atoms with Crippen LogP contribution in [-0.4, -0.2) is 34.3 Å². The molecule has 0 aromatic carbocycles. The molecule has 1 atom stereocenters. The van der Waals surface area contributed by atoms with Crippen molar-refractivity contribution in [2.45, 2.75) is 39.8 Å². The van der Waals surface area contributed by atoms with Crippen molar-refractivity contribution < 1.29 is 9.26 Å². The fourth-order valence-electron chi connectivity index (χ4n) is 2.41. The number of rotatable bonds is 6. The van der Waals surface area contributed by atoms with Crippen molar-refractivity contribution >= 4 is 27.4 Å². The second kappa shape index (κ2) is 6.82. The lowest BCUT2D eigenvalue weighted by atomic mass is 10.3. The largest absolute Gasteiger partial charge is 0.374 e. The van der Waals surface area contributed by atoms with E-state index in [1.807, 2.05) is 25.8 Å². The first-order chi connectivity index (χ1) is 11.5. The Bertz CT molecular complexity index is 844. The summed E-state index contributed by atoms with van der Waals surface area (Å²) in [5.74, 6) is 2.72. The monoisotopic (exact) mass is 347 g/mol. The number of ether oxygens (including phenoxy) is 1. The van der Waals surface area contributed by atoms with Crippen LogP contribution in [0.1, 0.15) is 42.4 Å². The summed E-state index contributed by atoms with van der Waals surface area (Å²) in [6.07, 6.45) is 0.801. The van der Waals surface area contributed by atoms with E-state index in [2.05, 4.69) is 33.1 Å². The standard InChI is InChI=1S/C16H21N5O2S/c1-6-11-7-12-15(17-10(3)18-16(12)24-11)21(4)8-13-19-14(20-23-13)9(2)22-5/h7,9H,6,8H2,1-5H3. The molecule has 0 aliphatic carbocycles. The summed E-state index contributed by atoms with van der Waals surface area (Å²) in [6.45, 7) is 6.41. The minimum absolute atomic E-state index is 0.190. The second-order valence-corrected chi connectivity index (χ2v) is 6.78. The second-order valence-electron chi connectivity index (χ2n) is 5.66. The number of methoxy groups -OCH3 is 1. The molecule has 128 valence electrons. The number of anilines is 1. The molecule has 0 amide bonds. The summed E-state index contributed by atoms with van der Waals surface area (Å²) < 4.78 is 10.5. The fraction of sp³-hybridized carbons (Fsp3) is 0.500. The topological polar surface area (TPSA) is 77.2 Å². The molecule has 0 N–H and O–H groups in total. The molecule has 0 fully saturated rings. The highest BCUT2D eigenvalue weighted by atomic mass is 32.1. The summed E-state index contributed by atoms with van der Waals surface area (Å²) in [4.78, 5) is 17.9. The van der Waals surface area contributed by atoms with Gasteiger partial charge in [-0.3, -0.25) is 0 Å². The van der Waals surface area contributed by atoms with E-state index in [4.69, 9.17) is 9.26 Å². The molecule has 8 heteroatoms. The van der Waals surface area contributed by atoms with Crippen molar-refractivity contribution in [2.75, 3.05) is 19.1 Å². The minimum atomic E-state index is -0.190. The van der Waals surface area contributed by atoms with E-state index >= 15 is 0 Å². The van der Waals surface area contributed by atoms with Gasteiger partial charge in [-0.1, -0.05) is 12.1 Å². The van der Waals surface area contributed by atoms with Gasteiger partial charge in [-0.05, 0) is 26.3 Å². The Balaban J connectivity index is 1.89. The number of thiophene rings is 1. The van der Waals surface area contributed by atoms with Crippen LogP contribution in [0.3, 0.4) is 0 Å². The molecule has 0 radical (unpaired) electrons. The summed E-state index contributed by atoms with van der Waals surface area (Å²) in [6, 6.07) is 2.16. The van der Waals surface area contributed by atoms with Crippen molar-refractivity contribution in [1.29, 1.82) is 0 Å². The van der Waals surface area contributed by atoms with Gasteiger partial charge in [0.15, 0.2) is 5.82 Å². The van der Waals surface area contributed by atoms with Crippen LogP contribution in [0, 0.1) is 6.92 Å². The number of fused-ring (bicyclic) bond motifs is 1. The van der Waals surface area contributed by atoms with Crippen molar-refractivity contribution in [2.24, 2.45) is 0 Å². The molecule has 0 aliphatic rings. The van der Waals surface area contributed by atoms with Gasteiger partial charge >= 0.3 is 0 Å². The molecule has 1 unspecified atom stereocenters. The lowest BCUT2D eigenvalue weighted by molar-refractivity contribution is 0.109. The van der Waals surface area contributed by atoms with E-state index < -0.39 is 0 Å². The van der Waals surface area contributed by atoms with E-state index in [0.717, 1.165) is 28.3 Å². The third-order valence-corrected chi connectivity index (χ3v) is 4.99. The highest BCUT2D eigenvalue weighted by Gasteiger charge is 2.18. The average molecular weight is 347 g/mol. The summed E-state index contributed by atoms with van der Waals surface area (Å²) in [5, 5.41) is 5.03. The van der Waals surface area contributed by atoms with Gasteiger partial charge in [0.2, 0.25) is 5.89 Å². The molecule has 0 saturated heterocycles. The highest BCUT2D eigenvalue weighted by Crippen LogP contribution is 2.31. The van der Waals surface area contributed by atoms with Crippen LogP contribution < -0.4 is 4.90 Å². The zero-order valence-corrected chi connectivity index (χ0v) is 15.3. The van der Waals surface area contributed by atoms with Gasteiger partial charge in [-0.2, -0.15) is 4.98 Å². The van der Waals surface area contributed by atoms with Crippen LogP contribution in [0.15, 0.2) is 10.6 Å². The van der Waals surface area contributed by atoms with Crippen molar-refractivity contribution in [3.05, 3.63) is 28.5 Å². The molecule has 7 nitrogen and oxygen atoms in total. The molecule has 3 aromatic heterocycles. The van der Waals surface area contributed by atoms with Crippen molar-refractivity contribution in [3.8, 4) is 0 Å². The number of aromatic nitrogens is 4. The Hall–Kier alpha value is -2.06. The molecular formula is C16H21N5O2S. The van der Waals surface area contributed by atoms with Gasteiger partial charge in [-0.15, -0.1) is 11.3 Å². The van der Waals surface area contributed by atoms with Gasteiger partial charge in [-0.25, -0.2) is 9.97 Å². The zero-order valence-electron chi connectivity index (χ0n) is 14.5. The SMILES string of the molecule is CCc1cc2c(N(C)Cc3nc(C(C)OC)no3)nc(C)nc2s1. The maximum Gasteiger partial charge on any atom is 0.246 e. The average Bonchev–Trinajstić information content (AvgIpc) is 3.19. The molecule has 3 rings (SSSR count). The lowest BCUT2D eigenvalue weighted by Gasteiger charge is -2.17. The predicted octanol–water partition coefficient (Wildman–Crippen LogP) is 3.29. The van der Waals surface area contributed by atoms with Crippen molar-refractivity contribution in [3.63, 3.8) is 0 Å². The predicted molar refractivity (Wildman–Crippen MR) is 93.4 cm³/mol. The summed E-state index contributed by atoms with van der Waals surface area (Å²) in [7, 11) is 3.59. The Morgan fingerprint density at radius 3 is 2.83 bits per heavy atom. The number of hydrogen-bond acceptors (Lipinski definition) is 8. The first kappa shape index (κ1) is 16.8. The quantitative estimate of drug-likeness (QED) is 0.677. The van der Waals surface area contributed by atoms with Crippen LogP contribution in [0.2, 0.25) is 0 Å². The maximum absolute atomic E-state index is 5.32. The number of hydrogen-bond donors (Lipinski definition) is 0. The fourth-order valence-corrected chi connectivity index (χ4v) is 3.41. The third kappa shape index (κ3) is 3.25. The zero-order chi connectivity index (χ0) is 17.3. The van der Waals surface area contributed by atoms with Crippen LogP contribution in [0.25, 0.3) is 10.2 Å². The Kier molecular flexibility index (Phi) is 4.77. The van der Waals surface area contributed by atoms with E-state index in [1.54, 1.807) is 18.4 Å².